The Balaban J connectivity index is 1.82. The van der Waals surface area contributed by atoms with Gasteiger partial charge >= 0.3 is 6.03 Å². The van der Waals surface area contributed by atoms with Crippen molar-refractivity contribution in [1.82, 2.24) is 10.6 Å². The van der Waals surface area contributed by atoms with Gasteiger partial charge in [0.1, 0.15) is 5.75 Å². The molecule has 5 nitrogen and oxygen atoms in total. The Bertz CT molecular complexity index is 773. The highest BCUT2D eigenvalue weighted by Gasteiger charge is 2.50. The lowest BCUT2D eigenvalue weighted by atomic mass is 9.83. The number of carbonyl (C=O) groups excluding carboxylic acids is 2. The van der Waals surface area contributed by atoms with E-state index in [2.05, 4.69) is 10.6 Å². The molecule has 110 valence electrons. The third-order valence-electron chi connectivity index (χ3n) is 4.22. The summed E-state index contributed by atoms with van der Waals surface area (Å²) >= 11 is 0. The fourth-order valence-corrected chi connectivity index (χ4v) is 3.11. The summed E-state index contributed by atoms with van der Waals surface area (Å²) in [6.07, 6.45) is 0.433. The Morgan fingerprint density at radius 3 is 2.55 bits per heavy atom. The van der Waals surface area contributed by atoms with Gasteiger partial charge in [0.25, 0.3) is 5.91 Å². The van der Waals surface area contributed by atoms with Crippen LogP contribution in [0.25, 0.3) is 11.1 Å². The fourth-order valence-electron chi connectivity index (χ4n) is 3.11. The lowest BCUT2D eigenvalue weighted by Crippen LogP contribution is -2.47. The lowest BCUT2D eigenvalue weighted by Gasteiger charge is -2.33. The van der Waals surface area contributed by atoms with Gasteiger partial charge in [-0.2, -0.15) is 0 Å². The number of amides is 3. The maximum Gasteiger partial charge on any atom is 0.322 e. The summed E-state index contributed by atoms with van der Waals surface area (Å²) in [7, 11) is 0. The molecule has 2 heterocycles. The molecule has 2 aliphatic rings. The molecule has 5 heteroatoms. The van der Waals surface area contributed by atoms with Crippen molar-refractivity contribution in [3.8, 4) is 16.9 Å². The molecule has 2 aromatic rings. The van der Waals surface area contributed by atoms with Crippen molar-refractivity contribution >= 4 is 11.9 Å². The molecule has 22 heavy (non-hydrogen) atoms. The van der Waals surface area contributed by atoms with E-state index in [-0.39, 0.29) is 5.91 Å². The van der Waals surface area contributed by atoms with Gasteiger partial charge < -0.3 is 10.1 Å². The van der Waals surface area contributed by atoms with E-state index in [0.717, 1.165) is 11.1 Å². The quantitative estimate of drug-likeness (QED) is 0.792. The van der Waals surface area contributed by atoms with Gasteiger partial charge in [-0.05, 0) is 17.2 Å². The van der Waals surface area contributed by atoms with Crippen LogP contribution in [0.5, 0.6) is 5.75 Å². The van der Waals surface area contributed by atoms with Crippen LogP contribution in [-0.2, 0) is 10.3 Å². The summed E-state index contributed by atoms with van der Waals surface area (Å²) < 4.78 is 5.72. The molecule has 0 aliphatic carbocycles. The van der Waals surface area contributed by atoms with Crippen molar-refractivity contribution in [3.63, 3.8) is 0 Å². The highest BCUT2D eigenvalue weighted by Crippen LogP contribution is 2.40. The van der Waals surface area contributed by atoms with Gasteiger partial charge in [-0.1, -0.05) is 42.5 Å². The molecule has 0 aromatic heterocycles. The molecular formula is C17H14N2O3. The average molecular weight is 294 g/mol. The second kappa shape index (κ2) is 4.59. The number of ether oxygens (including phenoxy) is 1. The van der Waals surface area contributed by atoms with Gasteiger partial charge in [-0.25, -0.2) is 4.79 Å². The second-order valence-corrected chi connectivity index (χ2v) is 5.49. The lowest BCUT2D eigenvalue weighted by molar-refractivity contribution is -0.125. The minimum absolute atomic E-state index is 0.311. The molecule has 1 unspecified atom stereocenters. The van der Waals surface area contributed by atoms with Crippen molar-refractivity contribution in [3.05, 3.63) is 54.1 Å². The highest BCUT2D eigenvalue weighted by molar-refractivity contribution is 6.08. The summed E-state index contributed by atoms with van der Waals surface area (Å²) in [5.41, 5.74) is 1.80. The Morgan fingerprint density at radius 2 is 1.82 bits per heavy atom. The van der Waals surface area contributed by atoms with Crippen LogP contribution < -0.4 is 15.4 Å². The normalized spacial score (nSPS) is 22.7. The zero-order valence-corrected chi connectivity index (χ0v) is 11.8. The zero-order chi connectivity index (χ0) is 15.2. The number of urea groups is 1. The van der Waals surface area contributed by atoms with E-state index in [1.54, 1.807) is 0 Å². The molecule has 3 amide bonds. The number of nitrogens with one attached hydrogen (secondary N) is 2. The highest BCUT2D eigenvalue weighted by atomic mass is 16.5. The van der Waals surface area contributed by atoms with E-state index in [1.807, 2.05) is 48.5 Å². The molecule has 2 aromatic carbocycles. The van der Waals surface area contributed by atoms with E-state index in [9.17, 15) is 9.59 Å². The smallest absolute Gasteiger partial charge is 0.322 e. The van der Waals surface area contributed by atoms with Crippen molar-refractivity contribution < 1.29 is 14.3 Å². The number of rotatable bonds is 1. The van der Waals surface area contributed by atoms with E-state index in [4.69, 9.17) is 4.74 Å². The van der Waals surface area contributed by atoms with Crippen LogP contribution in [0.3, 0.4) is 0 Å². The molecule has 0 radical (unpaired) electrons. The summed E-state index contributed by atoms with van der Waals surface area (Å²) in [6, 6.07) is 15.2. The third kappa shape index (κ3) is 1.79. The van der Waals surface area contributed by atoms with Crippen molar-refractivity contribution in [2.75, 3.05) is 6.61 Å². The minimum Gasteiger partial charge on any atom is -0.493 e. The van der Waals surface area contributed by atoms with Gasteiger partial charge in [0, 0.05) is 12.0 Å². The van der Waals surface area contributed by atoms with Gasteiger partial charge in [0.05, 0.1) is 6.61 Å². The van der Waals surface area contributed by atoms with Gasteiger partial charge in [-0.3, -0.25) is 10.1 Å². The summed E-state index contributed by atoms with van der Waals surface area (Å²) in [4.78, 5) is 23.8. The van der Waals surface area contributed by atoms with Gasteiger partial charge in [0.15, 0.2) is 5.54 Å². The first-order chi connectivity index (χ1) is 10.7. The largest absolute Gasteiger partial charge is 0.493 e. The molecule has 0 bridgehead atoms. The number of carbonyl (C=O) groups is 2. The molecule has 4 rings (SSSR count). The predicted octanol–water partition coefficient (Wildman–Crippen LogP) is 2.17. The Kier molecular flexibility index (Phi) is 2.69. The van der Waals surface area contributed by atoms with E-state index >= 15 is 0 Å². The predicted molar refractivity (Wildman–Crippen MR) is 80.3 cm³/mol. The molecular weight excluding hydrogens is 280 g/mol. The first-order valence-electron chi connectivity index (χ1n) is 7.15. The Morgan fingerprint density at radius 1 is 1.00 bits per heavy atom. The van der Waals surface area contributed by atoms with Crippen LogP contribution in [0.15, 0.2) is 48.5 Å². The van der Waals surface area contributed by atoms with Crippen LogP contribution in [0.2, 0.25) is 0 Å². The molecule has 1 atom stereocenters. The van der Waals surface area contributed by atoms with Crippen LogP contribution in [-0.4, -0.2) is 18.5 Å². The minimum atomic E-state index is -1.00. The van der Waals surface area contributed by atoms with Crippen molar-refractivity contribution in [2.45, 2.75) is 12.0 Å². The Labute approximate surface area is 127 Å². The SMILES string of the molecule is O=C1NC(=O)C2(CCOc3cc(-c4ccccc4)ccc32)N1. The van der Waals surface area contributed by atoms with Crippen LogP contribution in [0.4, 0.5) is 4.79 Å². The second-order valence-electron chi connectivity index (χ2n) is 5.49. The Hall–Kier alpha value is -2.82. The molecule has 2 N–H and O–H groups in total. The molecule has 2 aliphatic heterocycles. The topological polar surface area (TPSA) is 67.4 Å². The van der Waals surface area contributed by atoms with Crippen LogP contribution in [0.1, 0.15) is 12.0 Å². The summed E-state index contributed by atoms with van der Waals surface area (Å²) in [5, 5.41) is 5.07. The standard InChI is InChI=1S/C17H14N2O3/c20-15-17(19-16(21)18-15)8-9-22-14-10-12(6-7-13(14)17)11-4-2-1-3-5-11/h1-7,10H,8-9H2,(H2,18,19,20,21). The molecule has 1 fully saturated rings. The first-order valence-corrected chi connectivity index (χ1v) is 7.15. The number of fused-ring (bicyclic) bond motifs is 2. The van der Waals surface area contributed by atoms with E-state index < -0.39 is 11.6 Å². The maximum absolute atomic E-state index is 12.2. The molecule has 0 saturated carbocycles. The van der Waals surface area contributed by atoms with Crippen molar-refractivity contribution in [1.29, 1.82) is 0 Å². The third-order valence-corrected chi connectivity index (χ3v) is 4.22. The monoisotopic (exact) mass is 294 g/mol. The van der Waals surface area contributed by atoms with E-state index in [0.29, 0.717) is 24.3 Å². The van der Waals surface area contributed by atoms with Crippen LogP contribution in [0, 0.1) is 0 Å². The zero-order valence-electron chi connectivity index (χ0n) is 11.8. The average Bonchev–Trinajstić information content (AvgIpc) is 2.82. The van der Waals surface area contributed by atoms with Gasteiger partial charge in [0.2, 0.25) is 0 Å². The first kappa shape index (κ1) is 12.9. The van der Waals surface area contributed by atoms with E-state index in [1.165, 1.54) is 0 Å². The maximum atomic E-state index is 12.2. The molecule has 1 spiro atoms. The number of hydrogen-bond donors (Lipinski definition) is 2. The number of benzene rings is 2. The van der Waals surface area contributed by atoms with Crippen molar-refractivity contribution in [2.24, 2.45) is 0 Å². The summed E-state index contributed by atoms with van der Waals surface area (Å²) in [6.45, 7) is 0.388. The van der Waals surface area contributed by atoms with Crippen LogP contribution >= 0.6 is 0 Å². The molecule has 1 saturated heterocycles. The fraction of sp³-hybridized carbons (Fsp3) is 0.176. The number of hydrogen-bond acceptors (Lipinski definition) is 3. The van der Waals surface area contributed by atoms with Gasteiger partial charge in [-0.15, -0.1) is 0 Å². The summed E-state index contributed by atoms with van der Waals surface area (Å²) in [5.74, 6) is 0.333. The number of imide groups is 1.